The topological polar surface area (TPSA) is 70.2 Å². The molecule has 1 amide bonds. The molecule has 0 radical (unpaired) electrons. The molecule has 1 heterocycles. The van der Waals surface area contributed by atoms with Crippen LogP contribution in [0.3, 0.4) is 0 Å². The third-order valence-electron chi connectivity index (χ3n) is 4.36. The first kappa shape index (κ1) is 19.7. The molecule has 1 aliphatic rings. The molecule has 0 unspecified atom stereocenters. The molecule has 0 aromatic heterocycles. The Balaban J connectivity index is 1.90. The van der Waals surface area contributed by atoms with E-state index < -0.39 is 10.2 Å². The van der Waals surface area contributed by atoms with Crippen LogP contribution in [-0.2, 0) is 21.4 Å². The van der Waals surface area contributed by atoms with E-state index in [4.69, 9.17) is 4.74 Å². The largest absolute Gasteiger partial charge is 0.497 e. The van der Waals surface area contributed by atoms with Crippen LogP contribution >= 0.6 is 0 Å². The summed E-state index contributed by atoms with van der Waals surface area (Å²) in [5.74, 6) is 0.844. The minimum Gasteiger partial charge on any atom is -0.497 e. The zero-order chi connectivity index (χ0) is 18.4. The van der Waals surface area contributed by atoms with Crippen molar-refractivity contribution >= 4 is 16.1 Å². The summed E-state index contributed by atoms with van der Waals surface area (Å²) in [4.78, 5) is 14.3. The highest BCUT2D eigenvalue weighted by Gasteiger charge is 2.28. The molecular weight excluding hydrogens is 342 g/mol. The van der Waals surface area contributed by atoms with E-state index >= 15 is 0 Å². The third-order valence-corrected chi connectivity index (χ3v) is 6.30. The van der Waals surface area contributed by atoms with Crippen LogP contribution in [0.5, 0.6) is 5.75 Å². The van der Waals surface area contributed by atoms with Crippen LogP contribution in [0.4, 0.5) is 0 Å². The minimum absolute atomic E-state index is 0.0620. The Morgan fingerprint density at radius 2 is 1.96 bits per heavy atom. The number of carbonyl (C=O) groups excluding carboxylic acids is 1. The molecule has 0 N–H and O–H groups in total. The van der Waals surface area contributed by atoms with Crippen LogP contribution < -0.4 is 4.74 Å². The number of methoxy groups -OCH3 is 1. The maximum atomic E-state index is 12.5. The van der Waals surface area contributed by atoms with Gasteiger partial charge in [0.15, 0.2) is 0 Å². The lowest BCUT2D eigenvalue weighted by Gasteiger charge is -2.24. The van der Waals surface area contributed by atoms with Gasteiger partial charge in [-0.3, -0.25) is 4.79 Å². The number of benzene rings is 1. The molecule has 140 valence electrons. The van der Waals surface area contributed by atoms with Gasteiger partial charge in [0.25, 0.3) is 10.2 Å². The van der Waals surface area contributed by atoms with Crippen LogP contribution in [0.15, 0.2) is 24.3 Å². The zero-order valence-electron chi connectivity index (χ0n) is 15.1. The quantitative estimate of drug-likeness (QED) is 0.749. The van der Waals surface area contributed by atoms with Gasteiger partial charge in [0.1, 0.15) is 5.75 Å². The van der Waals surface area contributed by atoms with Gasteiger partial charge in [0.05, 0.1) is 7.11 Å². The predicted octanol–water partition coefficient (Wildman–Crippen LogP) is 0.969. The standard InChI is InChI=1S/C17H27N3O4S/c1-18(2)25(22,23)20-11-5-10-19(12-13-20)17(21)9-8-15-6-4-7-16(14-15)24-3/h4,6-7,14H,5,8-13H2,1-3H3. The Morgan fingerprint density at radius 1 is 1.20 bits per heavy atom. The Bertz CT molecular complexity index is 691. The van der Waals surface area contributed by atoms with Crippen molar-refractivity contribution < 1.29 is 17.9 Å². The molecule has 0 atom stereocenters. The number of nitrogens with zero attached hydrogens (tertiary/aromatic N) is 3. The molecule has 25 heavy (non-hydrogen) atoms. The van der Waals surface area contributed by atoms with E-state index in [0.29, 0.717) is 45.4 Å². The summed E-state index contributed by atoms with van der Waals surface area (Å²) in [6.07, 6.45) is 1.71. The van der Waals surface area contributed by atoms with Gasteiger partial charge in [-0.05, 0) is 30.5 Å². The maximum Gasteiger partial charge on any atom is 0.281 e. The molecule has 0 spiro atoms. The number of carbonyl (C=O) groups is 1. The van der Waals surface area contributed by atoms with E-state index in [1.807, 2.05) is 24.3 Å². The highest BCUT2D eigenvalue weighted by atomic mass is 32.2. The van der Waals surface area contributed by atoms with Gasteiger partial charge < -0.3 is 9.64 Å². The van der Waals surface area contributed by atoms with Crippen LogP contribution in [0.25, 0.3) is 0 Å². The van der Waals surface area contributed by atoms with Crippen molar-refractivity contribution in [3.8, 4) is 5.75 Å². The molecule has 0 bridgehead atoms. The average molecular weight is 369 g/mol. The monoisotopic (exact) mass is 369 g/mol. The van der Waals surface area contributed by atoms with Crippen molar-refractivity contribution in [3.63, 3.8) is 0 Å². The second-order valence-corrected chi connectivity index (χ2v) is 8.42. The summed E-state index contributed by atoms with van der Waals surface area (Å²) in [7, 11) is 1.25. The second-order valence-electron chi connectivity index (χ2n) is 6.28. The Hall–Kier alpha value is -1.64. The molecule has 1 aliphatic heterocycles. The van der Waals surface area contributed by atoms with Crippen LogP contribution in [0.2, 0.25) is 0 Å². The predicted molar refractivity (Wildman–Crippen MR) is 96.7 cm³/mol. The number of rotatable bonds is 6. The fourth-order valence-electron chi connectivity index (χ4n) is 2.84. The molecule has 0 aliphatic carbocycles. The summed E-state index contributed by atoms with van der Waals surface area (Å²) < 4.78 is 32.3. The first-order chi connectivity index (χ1) is 11.8. The molecule has 1 aromatic rings. The van der Waals surface area contributed by atoms with Gasteiger partial charge in [0, 0.05) is 46.7 Å². The van der Waals surface area contributed by atoms with Crippen LogP contribution in [0, 0.1) is 0 Å². The summed E-state index contributed by atoms with van der Waals surface area (Å²) >= 11 is 0. The zero-order valence-corrected chi connectivity index (χ0v) is 16.0. The van der Waals surface area contributed by atoms with Crippen molar-refractivity contribution in [2.45, 2.75) is 19.3 Å². The van der Waals surface area contributed by atoms with Crippen molar-refractivity contribution in [1.29, 1.82) is 0 Å². The SMILES string of the molecule is COc1cccc(CCC(=O)N2CCCN(S(=O)(=O)N(C)C)CC2)c1. The van der Waals surface area contributed by atoms with Gasteiger partial charge in [0.2, 0.25) is 5.91 Å². The lowest BCUT2D eigenvalue weighted by atomic mass is 10.1. The van der Waals surface area contributed by atoms with Gasteiger partial charge in [-0.2, -0.15) is 17.0 Å². The van der Waals surface area contributed by atoms with E-state index in [-0.39, 0.29) is 5.91 Å². The highest BCUT2D eigenvalue weighted by Crippen LogP contribution is 2.15. The Kier molecular flexibility index (Phi) is 6.80. The van der Waals surface area contributed by atoms with E-state index in [9.17, 15) is 13.2 Å². The van der Waals surface area contributed by atoms with Crippen molar-refractivity contribution in [2.24, 2.45) is 0 Å². The van der Waals surface area contributed by atoms with Crippen LogP contribution in [0.1, 0.15) is 18.4 Å². The number of amides is 1. The smallest absolute Gasteiger partial charge is 0.281 e. The van der Waals surface area contributed by atoms with Gasteiger partial charge >= 0.3 is 0 Å². The third kappa shape index (κ3) is 5.17. The number of ether oxygens (including phenoxy) is 1. The summed E-state index contributed by atoms with van der Waals surface area (Å²) in [5, 5.41) is 0. The lowest BCUT2D eigenvalue weighted by molar-refractivity contribution is -0.131. The van der Waals surface area contributed by atoms with Gasteiger partial charge in [-0.1, -0.05) is 12.1 Å². The molecule has 7 nitrogen and oxygen atoms in total. The normalized spacial score (nSPS) is 16.7. The molecule has 0 saturated carbocycles. The molecule has 2 rings (SSSR count). The molecular formula is C17H27N3O4S. The van der Waals surface area contributed by atoms with E-state index in [0.717, 1.165) is 11.3 Å². The number of aryl methyl sites for hydroxylation is 1. The van der Waals surface area contributed by atoms with Gasteiger partial charge in [-0.15, -0.1) is 0 Å². The number of hydrogen-bond acceptors (Lipinski definition) is 4. The molecule has 1 saturated heterocycles. The Morgan fingerprint density at radius 3 is 2.64 bits per heavy atom. The van der Waals surface area contributed by atoms with E-state index in [1.54, 1.807) is 12.0 Å². The van der Waals surface area contributed by atoms with E-state index in [2.05, 4.69) is 0 Å². The first-order valence-electron chi connectivity index (χ1n) is 8.43. The van der Waals surface area contributed by atoms with Crippen LogP contribution in [-0.4, -0.2) is 75.2 Å². The fourth-order valence-corrected chi connectivity index (χ4v) is 3.98. The highest BCUT2D eigenvalue weighted by molar-refractivity contribution is 7.86. The van der Waals surface area contributed by atoms with Crippen molar-refractivity contribution in [3.05, 3.63) is 29.8 Å². The molecule has 1 fully saturated rings. The lowest BCUT2D eigenvalue weighted by Crippen LogP contribution is -2.42. The summed E-state index contributed by atoms with van der Waals surface area (Å²) in [6.45, 7) is 1.81. The summed E-state index contributed by atoms with van der Waals surface area (Å²) in [5.41, 5.74) is 1.05. The van der Waals surface area contributed by atoms with Crippen molar-refractivity contribution in [2.75, 3.05) is 47.4 Å². The second kappa shape index (κ2) is 8.64. The van der Waals surface area contributed by atoms with Gasteiger partial charge in [-0.25, -0.2) is 0 Å². The molecule has 1 aromatic carbocycles. The Labute approximate surface area is 150 Å². The maximum absolute atomic E-state index is 12.5. The minimum atomic E-state index is -3.42. The van der Waals surface area contributed by atoms with E-state index in [1.165, 1.54) is 22.7 Å². The average Bonchev–Trinajstić information content (AvgIpc) is 2.86. The summed E-state index contributed by atoms with van der Waals surface area (Å²) in [6, 6.07) is 7.69. The number of hydrogen-bond donors (Lipinski definition) is 0. The molecule has 8 heteroatoms. The van der Waals surface area contributed by atoms with Crippen molar-refractivity contribution in [1.82, 2.24) is 13.5 Å². The first-order valence-corrected chi connectivity index (χ1v) is 9.82. The fraction of sp³-hybridized carbons (Fsp3) is 0.588.